The van der Waals surface area contributed by atoms with E-state index in [1.165, 1.54) is 6.07 Å². The molecule has 3 heteroatoms. The van der Waals surface area contributed by atoms with Crippen molar-refractivity contribution < 1.29 is 9.13 Å². The lowest BCUT2D eigenvalue weighted by Crippen LogP contribution is -2.22. The molecule has 1 aliphatic rings. The van der Waals surface area contributed by atoms with Crippen LogP contribution in [0.25, 0.3) is 0 Å². The van der Waals surface area contributed by atoms with E-state index in [1.807, 2.05) is 13.0 Å². The van der Waals surface area contributed by atoms with Crippen LogP contribution in [0.1, 0.15) is 12.0 Å². The van der Waals surface area contributed by atoms with Gasteiger partial charge in [0.15, 0.2) is 0 Å². The fourth-order valence-electron chi connectivity index (χ4n) is 2.06. The Hall–Kier alpha value is -1.09. The molecule has 1 atom stereocenters. The van der Waals surface area contributed by atoms with Gasteiger partial charge in [-0.25, -0.2) is 4.39 Å². The molecule has 1 unspecified atom stereocenters. The lowest BCUT2D eigenvalue weighted by Gasteiger charge is -2.20. The van der Waals surface area contributed by atoms with E-state index in [4.69, 9.17) is 4.74 Å². The van der Waals surface area contributed by atoms with E-state index in [2.05, 4.69) is 4.90 Å². The molecular weight excluding hydrogens is 193 g/mol. The van der Waals surface area contributed by atoms with Crippen LogP contribution in [0.2, 0.25) is 0 Å². The number of methoxy groups -OCH3 is 1. The number of ether oxygens (including phenoxy) is 1. The average Bonchev–Trinajstić information content (AvgIpc) is 2.70. The maximum Gasteiger partial charge on any atom is 0.125 e. The number of rotatable bonds is 2. The van der Waals surface area contributed by atoms with Crippen molar-refractivity contribution in [3.8, 4) is 0 Å². The van der Waals surface area contributed by atoms with Crippen molar-refractivity contribution in [3.05, 3.63) is 29.6 Å². The number of benzene rings is 1. The summed E-state index contributed by atoms with van der Waals surface area (Å²) in [6, 6.07) is 4.93. The minimum Gasteiger partial charge on any atom is -0.380 e. The molecule has 1 heterocycles. The van der Waals surface area contributed by atoms with Gasteiger partial charge in [-0.05, 0) is 31.0 Å². The molecule has 0 N–H and O–H groups in total. The van der Waals surface area contributed by atoms with Crippen molar-refractivity contribution in [2.45, 2.75) is 19.4 Å². The molecule has 0 amide bonds. The summed E-state index contributed by atoms with van der Waals surface area (Å²) < 4.78 is 18.4. The van der Waals surface area contributed by atoms with E-state index >= 15 is 0 Å². The predicted octanol–water partition coefficient (Wildman–Crippen LogP) is 2.36. The first-order valence-electron chi connectivity index (χ1n) is 5.24. The van der Waals surface area contributed by atoms with E-state index in [-0.39, 0.29) is 11.9 Å². The molecule has 82 valence electrons. The van der Waals surface area contributed by atoms with Gasteiger partial charge >= 0.3 is 0 Å². The smallest absolute Gasteiger partial charge is 0.125 e. The Labute approximate surface area is 89.7 Å². The Morgan fingerprint density at radius 2 is 2.27 bits per heavy atom. The Balaban J connectivity index is 2.19. The molecule has 15 heavy (non-hydrogen) atoms. The highest BCUT2D eigenvalue weighted by Gasteiger charge is 2.23. The molecular formula is C12H16FNO. The highest BCUT2D eigenvalue weighted by atomic mass is 19.1. The van der Waals surface area contributed by atoms with Crippen LogP contribution >= 0.6 is 0 Å². The fraction of sp³-hybridized carbons (Fsp3) is 0.500. The Bertz CT molecular complexity index is 353. The number of halogens is 1. The third-order valence-corrected chi connectivity index (χ3v) is 2.99. The van der Waals surface area contributed by atoms with Gasteiger partial charge in [0.05, 0.1) is 6.10 Å². The van der Waals surface area contributed by atoms with Gasteiger partial charge in [-0.15, -0.1) is 0 Å². The Kier molecular flexibility index (Phi) is 2.91. The van der Waals surface area contributed by atoms with Crippen molar-refractivity contribution >= 4 is 5.69 Å². The zero-order valence-electron chi connectivity index (χ0n) is 9.16. The zero-order chi connectivity index (χ0) is 10.8. The van der Waals surface area contributed by atoms with Gasteiger partial charge in [-0.3, -0.25) is 0 Å². The Morgan fingerprint density at radius 1 is 1.47 bits per heavy atom. The monoisotopic (exact) mass is 209 g/mol. The molecule has 0 spiro atoms. The van der Waals surface area contributed by atoms with Crippen molar-refractivity contribution in [3.63, 3.8) is 0 Å². The fourth-order valence-corrected chi connectivity index (χ4v) is 2.06. The van der Waals surface area contributed by atoms with Crippen molar-refractivity contribution in [2.24, 2.45) is 0 Å². The summed E-state index contributed by atoms with van der Waals surface area (Å²) in [5.41, 5.74) is 2.11. The van der Waals surface area contributed by atoms with E-state index in [0.29, 0.717) is 0 Å². The van der Waals surface area contributed by atoms with Gasteiger partial charge in [0.25, 0.3) is 0 Å². The topological polar surface area (TPSA) is 12.5 Å². The largest absolute Gasteiger partial charge is 0.380 e. The normalized spacial score (nSPS) is 21.0. The molecule has 1 aromatic carbocycles. The first kappa shape index (κ1) is 10.4. The van der Waals surface area contributed by atoms with Gasteiger partial charge in [-0.1, -0.05) is 6.07 Å². The van der Waals surface area contributed by atoms with Crippen LogP contribution in [0, 0.1) is 12.7 Å². The molecule has 1 aliphatic heterocycles. The van der Waals surface area contributed by atoms with Crippen LogP contribution in [0.3, 0.4) is 0 Å². The van der Waals surface area contributed by atoms with Gasteiger partial charge in [0, 0.05) is 25.9 Å². The summed E-state index contributed by atoms with van der Waals surface area (Å²) in [5.74, 6) is -0.170. The summed E-state index contributed by atoms with van der Waals surface area (Å²) in [6.07, 6.45) is 1.31. The van der Waals surface area contributed by atoms with Crippen LogP contribution in [0.5, 0.6) is 0 Å². The lowest BCUT2D eigenvalue weighted by atomic mass is 10.2. The van der Waals surface area contributed by atoms with Crippen LogP contribution in [0.15, 0.2) is 18.2 Å². The SMILES string of the molecule is COC1CCN(c2cc(F)ccc2C)C1. The average molecular weight is 209 g/mol. The van der Waals surface area contributed by atoms with Crippen LogP contribution < -0.4 is 4.90 Å². The predicted molar refractivity (Wildman–Crippen MR) is 58.8 cm³/mol. The van der Waals surface area contributed by atoms with E-state index in [1.54, 1.807) is 13.2 Å². The summed E-state index contributed by atoms with van der Waals surface area (Å²) in [5, 5.41) is 0. The first-order chi connectivity index (χ1) is 7.20. The molecule has 0 saturated carbocycles. The second-order valence-corrected chi connectivity index (χ2v) is 4.02. The molecule has 1 saturated heterocycles. The number of nitrogens with zero attached hydrogens (tertiary/aromatic N) is 1. The quantitative estimate of drug-likeness (QED) is 0.741. The van der Waals surface area contributed by atoms with Crippen molar-refractivity contribution in [1.82, 2.24) is 0 Å². The first-order valence-corrected chi connectivity index (χ1v) is 5.24. The standard InChI is InChI=1S/C12H16FNO/c1-9-3-4-10(13)7-12(9)14-6-5-11(8-14)15-2/h3-4,7,11H,5-6,8H2,1-2H3. The summed E-state index contributed by atoms with van der Waals surface area (Å²) in [7, 11) is 1.73. The number of anilines is 1. The van der Waals surface area contributed by atoms with Gasteiger partial charge < -0.3 is 9.64 Å². The van der Waals surface area contributed by atoms with E-state index in [9.17, 15) is 4.39 Å². The minimum atomic E-state index is -0.170. The van der Waals surface area contributed by atoms with Crippen LogP contribution in [-0.4, -0.2) is 26.3 Å². The van der Waals surface area contributed by atoms with Gasteiger partial charge in [0.2, 0.25) is 0 Å². The van der Waals surface area contributed by atoms with Gasteiger partial charge in [0.1, 0.15) is 5.82 Å². The molecule has 2 rings (SSSR count). The highest BCUT2D eigenvalue weighted by molar-refractivity contribution is 5.54. The number of aryl methyl sites for hydroxylation is 1. The maximum absolute atomic E-state index is 13.1. The molecule has 1 fully saturated rings. The molecule has 2 nitrogen and oxygen atoms in total. The van der Waals surface area contributed by atoms with Crippen LogP contribution in [0.4, 0.5) is 10.1 Å². The highest BCUT2D eigenvalue weighted by Crippen LogP contribution is 2.25. The van der Waals surface area contributed by atoms with E-state index < -0.39 is 0 Å². The number of hydrogen-bond acceptors (Lipinski definition) is 2. The van der Waals surface area contributed by atoms with Crippen molar-refractivity contribution in [2.75, 3.05) is 25.1 Å². The third kappa shape index (κ3) is 2.12. The summed E-state index contributed by atoms with van der Waals surface area (Å²) >= 11 is 0. The second-order valence-electron chi connectivity index (χ2n) is 4.02. The molecule has 1 aromatic rings. The minimum absolute atomic E-state index is 0.170. The van der Waals surface area contributed by atoms with Crippen LogP contribution in [-0.2, 0) is 4.74 Å². The number of hydrogen-bond donors (Lipinski definition) is 0. The third-order valence-electron chi connectivity index (χ3n) is 2.99. The molecule has 0 aromatic heterocycles. The van der Waals surface area contributed by atoms with E-state index in [0.717, 1.165) is 30.8 Å². The van der Waals surface area contributed by atoms with Gasteiger partial charge in [-0.2, -0.15) is 0 Å². The summed E-state index contributed by atoms with van der Waals surface area (Å²) in [6.45, 7) is 3.82. The molecule has 0 radical (unpaired) electrons. The molecule has 0 aliphatic carbocycles. The van der Waals surface area contributed by atoms with Crippen molar-refractivity contribution in [1.29, 1.82) is 0 Å². The summed E-state index contributed by atoms with van der Waals surface area (Å²) in [4.78, 5) is 2.19. The lowest BCUT2D eigenvalue weighted by molar-refractivity contribution is 0.121. The maximum atomic E-state index is 13.1. The molecule has 0 bridgehead atoms. The Morgan fingerprint density at radius 3 is 2.93 bits per heavy atom. The second kappa shape index (κ2) is 4.19. The zero-order valence-corrected chi connectivity index (χ0v) is 9.16.